The Morgan fingerprint density at radius 1 is 1.24 bits per heavy atom. The Kier molecular flexibility index (Phi) is 3.96. The zero-order valence-corrected chi connectivity index (χ0v) is 11.5. The summed E-state index contributed by atoms with van der Waals surface area (Å²) in [7, 11) is 0. The van der Waals surface area contributed by atoms with E-state index in [0.29, 0.717) is 11.4 Å². The van der Waals surface area contributed by atoms with E-state index in [1.807, 2.05) is 30.3 Å². The van der Waals surface area contributed by atoms with Crippen molar-refractivity contribution in [2.24, 2.45) is 0 Å². The van der Waals surface area contributed by atoms with Crippen molar-refractivity contribution in [3.8, 4) is 11.6 Å². The van der Waals surface area contributed by atoms with E-state index in [-0.39, 0.29) is 0 Å². The molecule has 3 nitrogen and oxygen atoms in total. The second-order valence-corrected chi connectivity index (χ2v) is 4.77. The van der Waals surface area contributed by atoms with Gasteiger partial charge in [-0.3, -0.25) is 0 Å². The van der Waals surface area contributed by atoms with Crippen LogP contribution in [0.4, 0.5) is 0 Å². The van der Waals surface area contributed by atoms with Gasteiger partial charge in [0.1, 0.15) is 5.75 Å². The molecule has 1 N–H and O–H groups in total. The number of hydrogen-bond acceptors (Lipinski definition) is 3. The molecule has 0 amide bonds. The zero-order chi connectivity index (χ0) is 12.3. The van der Waals surface area contributed by atoms with E-state index in [4.69, 9.17) is 4.74 Å². The third kappa shape index (κ3) is 2.95. The number of aromatic nitrogens is 1. The van der Waals surface area contributed by atoms with E-state index in [1.165, 1.54) is 0 Å². The maximum Gasteiger partial charge on any atom is 0.225 e. The van der Waals surface area contributed by atoms with Crippen LogP contribution < -0.4 is 4.74 Å². The van der Waals surface area contributed by atoms with Crippen molar-refractivity contribution in [1.82, 2.24) is 4.98 Å². The molecular weight excluding hydrogens is 329 g/mol. The first-order chi connectivity index (χ1) is 8.18. The number of ether oxygens (including phenoxy) is 1. The highest BCUT2D eigenvalue weighted by Gasteiger charge is 2.11. The normalized spacial score (nSPS) is 12.2. The molecule has 0 spiro atoms. The van der Waals surface area contributed by atoms with Crippen molar-refractivity contribution in [1.29, 1.82) is 0 Å². The van der Waals surface area contributed by atoms with Crippen LogP contribution in [0.1, 0.15) is 18.6 Å². The first kappa shape index (κ1) is 12.3. The molecule has 0 saturated carbocycles. The Hall–Kier alpha value is -1.14. The monoisotopic (exact) mass is 341 g/mol. The van der Waals surface area contributed by atoms with Gasteiger partial charge in [0.25, 0.3) is 0 Å². The molecule has 0 unspecified atom stereocenters. The molecule has 4 heteroatoms. The molecule has 0 fully saturated rings. The van der Waals surface area contributed by atoms with Crippen LogP contribution in [-0.4, -0.2) is 10.1 Å². The summed E-state index contributed by atoms with van der Waals surface area (Å²) in [5.74, 6) is 1.19. The summed E-state index contributed by atoms with van der Waals surface area (Å²) in [6.45, 7) is 1.69. The fourth-order valence-electron chi connectivity index (χ4n) is 1.44. The van der Waals surface area contributed by atoms with Gasteiger partial charge in [-0.15, -0.1) is 0 Å². The Labute approximate surface area is 114 Å². The molecule has 1 heterocycles. The fraction of sp³-hybridized carbons (Fsp3) is 0.154. The number of nitrogens with zero attached hydrogens (tertiary/aromatic N) is 1. The van der Waals surface area contributed by atoms with Crippen molar-refractivity contribution < 1.29 is 9.84 Å². The van der Waals surface area contributed by atoms with Crippen LogP contribution in [0.5, 0.6) is 11.6 Å². The number of hydrogen-bond donors (Lipinski definition) is 1. The maximum atomic E-state index is 9.63. The number of rotatable bonds is 3. The van der Waals surface area contributed by atoms with Crippen LogP contribution in [0, 0.1) is 3.57 Å². The summed E-state index contributed by atoms with van der Waals surface area (Å²) in [6, 6.07) is 11.3. The van der Waals surface area contributed by atoms with Crippen LogP contribution in [0.25, 0.3) is 0 Å². The average molecular weight is 341 g/mol. The van der Waals surface area contributed by atoms with E-state index in [0.717, 1.165) is 9.32 Å². The molecule has 0 radical (unpaired) electrons. The van der Waals surface area contributed by atoms with Crippen molar-refractivity contribution in [3.05, 3.63) is 51.7 Å². The average Bonchev–Trinajstić information content (AvgIpc) is 2.32. The highest BCUT2D eigenvalue weighted by atomic mass is 127. The smallest absolute Gasteiger partial charge is 0.225 e. The van der Waals surface area contributed by atoms with E-state index in [1.54, 1.807) is 19.2 Å². The van der Waals surface area contributed by atoms with Gasteiger partial charge in [0.2, 0.25) is 5.88 Å². The SMILES string of the molecule is C[C@H](O)c1cccnc1Oc1ccccc1I. The van der Waals surface area contributed by atoms with Gasteiger partial charge in [0, 0.05) is 11.8 Å². The van der Waals surface area contributed by atoms with Crippen LogP contribution in [-0.2, 0) is 0 Å². The van der Waals surface area contributed by atoms with Gasteiger partial charge in [-0.05, 0) is 53.8 Å². The van der Waals surface area contributed by atoms with Crippen molar-refractivity contribution in [3.63, 3.8) is 0 Å². The number of aliphatic hydroxyl groups is 1. The van der Waals surface area contributed by atoms with E-state index in [2.05, 4.69) is 27.6 Å². The lowest BCUT2D eigenvalue weighted by Gasteiger charge is -2.12. The number of benzene rings is 1. The Morgan fingerprint density at radius 3 is 2.71 bits per heavy atom. The molecule has 0 aliphatic rings. The minimum atomic E-state index is -0.597. The van der Waals surface area contributed by atoms with Gasteiger partial charge in [-0.2, -0.15) is 0 Å². The van der Waals surface area contributed by atoms with Crippen LogP contribution in [0.2, 0.25) is 0 Å². The zero-order valence-electron chi connectivity index (χ0n) is 9.30. The first-order valence-electron chi connectivity index (χ1n) is 5.24. The van der Waals surface area contributed by atoms with E-state index < -0.39 is 6.10 Å². The minimum Gasteiger partial charge on any atom is -0.438 e. The molecule has 0 saturated heterocycles. The summed E-state index contributed by atoms with van der Waals surface area (Å²) in [5, 5.41) is 9.63. The summed E-state index contributed by atoms with van der Waals surface area (Å²) in [6.07, 6.45) is 1.05. The molecule has 1 atom stereocenters. The maximum absolute atomic E-state index is 9.63. The van der Waals surface area contributed by atoms with Crippen LogP contribution in [0.3, 0.4) is 0 Å². The minimum absolute atomic E-state index is 0.451. The van der Waals surface area contributed by atoms with Crippen molar-refractivity contribution >= 4 is 22.6 Å². The molecule has 0 aliphatic heterocycles. The molecule has 88 valence electrons. The van der Waals surface area contributed by atoms with Gasteiger partial charge < -0.3 is 9.84 Å². The van der Waals surface area contributed by atoms with Crippen molar-refractivity contribution in [2.75, 3.05) is 0 Å². The van der Waals surface area contributed by atoms with Crippen LogP contribution >= 0.6 is 22.6 Å². The highest BCUT2D eigenvalue weighted by Crippen LogP contribution is 2.29. The predicted molar refractivity (Wildman–Crippen MR) is 74.1 cm³/mol. The van der Waals surface area contributed by atoms with Gasteiger partial charge in [-0.1, -0.05) is 12.1 Å². The van der Waals surface area contributed by atoms with Gasteiger partial charge in [0.15, 0.2) is 0 Å². The summed E-state index contributed by atoms with van der Waals surface area (Å²) >= 11 is 2.20. The van der Waals surface area contributed by atoms with Gasteiger partial charge >= 0.3 is 0 Å². The molecule has 2 rings (SSSR count). The van der Waals surface area contributed by atoms with Crippen molar-refractivity contribution in [2.45, 2.75) is 13.0 Å². The number of para-hydroxylation sites is 1. The standard InChI is InChI=1S/C13H12INO2/c1-9(16)10-5-4-8-15-13(10)17-12-7-3-2-6-11(12)14/h2-9,16H,1H3/t9-/m0/s1. The number of halogens is 1. The molecule has 17 heavy (non-hydrogen) atoms. The molecule has 0 aliphatic carbocycles. The fourth-order valence-corrected chi connectivity index (χ4v) is 1.94. The molecule has 1 aromatic heterocycles. The quantitative estimate of drug-likeness (QED) is 0.869. The predicted octanol–water partition coefficient (Wildman–Crippen LogP) is 3.53. The lowest BCUT2D eigenvalue weighted by atomic mass is 10.2. The molecule has 0 bridgehead atoms. The Bertz CT molecular complexity index is 514. The second kappa shape index (κ2) is 5.46. The first-order valence-corrected chi connectivity index (χ1v) is 6.31. The topological polar surface area (TPSA) is 42.4 Å². The summed E-state index contributed by atoms with van der Waals surface area (Å²) in [4.78, 5) is 4.15. The summed E-state index contributed by atoms with van der Waals surface area (Å²) < 4.78 is 6.73. The highest BCUT2D eigenvalue weighted by molar-refractivity contribution is 14.1. The van der Waals surface area contributed by atoms with Gasteiger partial charge in [0.05, 0.1) is 9.67 Å². The Morgan fingerprint density at radius 2 is 2.00 bits per heavy atom. The third-order valence-electron chi connectivity index (χ3n) is 2.29. The summed E-state index contributed by atoms with van der Waals surface area (Å²) in [5.41, 5.74) is 0.687. The molecule has 1 aromatic carbocycles. The number of aliphatic hydroxyl groups excluding tert-OH is 1. The van der Waals surface area contributed by atoms with Crippen LogP contribution in [0.15, 0.2) is 42.6 Å². The molecular formula is C13H12INO2. The lowest BCUT2D eigenvalue weighted by Crippen LogP contribution is -1.98. The lowest BCUT2D eigenvalue weighted by molar-refractivity contribution is 0.194. The number of pyridine rings is 1. The van der Waals surface area contributed by atoms with Gasteiger partial charge in [-0.25, -0.2) is 4.98 Å². The second-order valence-electron chi connectivity index (χ2n) is 3.61. The molecule has 2 aromatic rings. The van der Waals surface area contributed by atoms with E-state index in [9.17, 15) is 5.11 Å². The van der Waals surface area contributed by atoms with E-state index >= 15 is 0 Å². The third-order valence-corrected chi connectivity index (χ3v) is 3.19. The largest absolute Gasteiger partial charge is 0.438 e. The Balaban J connectivity index is 2.34.